The van der Waals surface area contributed by atoms with E-state index >= 15 is 0 Å². The van der Waals surface area contributed by atoms with Gasteiger partial charge in [-0.3, -0.25) is 4.52 Å². The monoisotopic (exact) mass is 610 g/mol. The van der Waals surface area contributed by atoms with Crippen LogP contribution in [0, 0.1) is 0 Å². The number of benzene rings is 2. The SMILES string of the molecule is CCP(=O)(CC)C(C)(C)OCC(O)COc1ccc(C(C)(C)c2ccc(OCC(O)CC(C)(C)OP=O)cc2)cc1. The van der Waals surface area contributed by atoms with Crippen molar-refractivity contribution in [1.82, 2.24) is 0 Å². The smallest absolute Gasteiger partial charge is 0.327 e. The lowest BCUT2D eigenvalue weighted by molar-refractivity contribution is -0.0311. The highest BCUT2D eigenvalue weighted by Crippen LogP contribution is 2.57. The summed E-state index contributed by atoms with van der Waals surface area (Å²) in [4.78, 5) is 0. The van der Waals surface area contributed by atoms with Crippen LogP contribution in [0.5, 0.6) is 11.5 Å². The zero-order valence-corrected chi connectivity index (χ0v) is 27.5. The van der Waals surface area contributed by atoms with Gasteiger partial charge in [0.25, 0.3) is 0 Å². The number of aliphatic hydroxyl groups is 2. The Morgan fingerprint density at radius 1 is 0.756 bits per heavy atom. The van der Waals surface area contributed by atoms with Gasteiger partial charge in [-0.05, 0) is 63.1 Å². The van der Waals surface area contributed by atoms with Gasteiger partial charge in [-0.1, -0.05) is 52.0 Å². The molecule has 2 unspecified atom stereocenters. The molecule has 2 atom stereocenters. The summed E-state index contributed by atoms with van der Waals surface area (Å²) in [5.74, 6) is 1.28. The standard InChI is InChI=1S/C31H48O8P2/c1-9-41(35,10-2)31(7,8)38-22-26(33)21-37-28-17-13-24(14-18-28)30(5,6)23-11-15-27(16-12-23)36-20-25(32)19-29(3,4)39-40-34/h11-18,25-26,32-33H,9-10,19-22H2,1-8H3. The molecule has 0 amide bonds. The summed E-state index contributed by atoms with van der Waals surface area (Å²) in [6.07, 6.45) is -0.183. The van der Waals surface area contributed by atoms with Crippen molar-refractivity contribution in [3.05, 3.63) is 59.7 Å². The van der Waals surface area contributed by atoms with Gasteiger partial charge in [0.2, 0.25) is 0 Å². The number of ether oxygens (including phenoxy) is 3. The second kappa shape index (κ2) is 15.1. The van der Waals surface area contributed by atoms with Crippen LogP contribution in [-0.4, -0.2) is 65.5 Å². The molecule has 0 spiro atoms. The summed E-state index contributed by atoms with van der Waals surface area (Å²) >= 11 is 0. The molecule has 0 aliphatic carbocycles. The maximum Gasteiger partial charge on any atom is 0.327 e. The number of rotatable bonds is 18. The maximum absolute atomic E-state index is 13.0. The van der Waals surface area contributed by atoms with Crippen molar-refractivity contribution in [2.24, 2.45) is 0 Å². The van der Waals surface area contributed by atoms with Crippen molar-refractivity contribution >= 4 is 15.8 Å². The van der Waals surface area contributed by atoms with E-state index in [9.17, 15) is 19.3 Å². The average Bonchev–Trinajstić information content (AvgIpc) is 2.93. The van der Waals surface area contributed by atoms with E-state index in [1.807, 2.05) is 76.2 Å². The van der Waals surface area contributed by atoms with Gasteiger partial charge in [0.05, 0.1) is 18.3 Å². The lowest BCUT2D eigenvalue weighted by Crippen LogP contribution is -2.33. The average molecular weight is 611 g/mol. The van der Waals surface area contributed by atoms with E-state index in [2.05, 4.69) is 13.8 Å². The molecule has 0 heterocycles. The number of hydrogen-bond donors (Lipinski definition) is 2. The second-order valence-electron chi connectivity index (χ2n) is 12.0. The van der Waals surface area contributed by atoms with Crippen LogP contribution in [0.25, 0.3) is 0 Å². The molecule has 2 N–H and O–H groups in total. The van der Waals surface area contributed by atoms with Crippen LogP contribution in [0.3, 0.4) is 0 Å². The summed E-state index contributed by atoms with van der Waals surface area (Å²) in [7, 11) is -2.90. The number of hydrogen-bond acceptors (Lipinski definition) is 8. The minimum Gasteiger partial charge on any atom is -0.491 e. The summed E-state index contributed by atoms with van der Waals surface area (Å²) in [5.41, 5.74) is 1.17. The molecule has 0 bridgehead atoms. The summed E-state index contributed by atoms with van der Waals surface area (Å²) < 4.78 is 46.2. The highest BCUT2D eigenvalue weighted by molar-refractivity contribution is 7.65. The molecule has 0 fully saturated rings. The largest absolute Gasteiger partial charge is 0.491 e. The first-order chi connectivity index (χ1) is 19.1. The quantitative estimate of drug-likeness (QED) is 0.173. The molecule has 0 saturated heterocycles. The Morgan fingerprint density at radius 3 is 1.61 bits per heavy atom. The molecule has 0 radical (unpaired) electrons. The van der Waals surface area contributed by atoms with Gasteiger partial charge in [0.15, 0.2) is 0 Å². The van der Waals surface area contributed by atoms with Gasteiger partial charge in [-0.15, -0.1) is 0 Å². The molecule has 8 nitrogen and oxygen atoms in total. The molecule has 2 aromatic rings. The minimum absolute atomic E-state index is 0.0499. The Kier molecular flexibility index (Phi) is 13.0. The summed E-state index contributed by atoms with van der Waals surface area (Å²) in [6, 6.07) is 15.5. The normalized spacial score (nSPS) is 14.6. The Bertz CT molecular complexity index is 1120. The van der Waals surface area contributed by atoms with E-state index in [0.29, 0.717) is 30.2 Å². The van der Waals surface area contributed by atoms with Crippen molar-refractivity contribution in [2.75, 3.05) is 32.1 Å². The van der Waals surface area contributed by atoms with Crippen LogP contribution in [-0.2, 0) is 23.8 Å². The van der Waals surface area contributed by atoms with Gasteiger partial charge in [0, 0.05) is 24.2 Å². The van der Waals surface area contributed by atoms with Crippen LogP contribution in [0.4, 0.5) is 0 Å². The minimum atomic E-state index is -2.49. The fourth-order valence-electron chi connectivity index (χ4n) is 4.70. The van der Waals surface area contributed by atoms with E-state index < -0.39 is 39.0 Å². The van der Waals surface area contributed by atoms with Crippen molar-refractivity contribution < 1.29 is 38.1 Å². The lowest BCUT2D eigenvalue weighted by atomic mass is 9.78. The summed E-state index contributed by atoms with van der Waals surface area (Å²) in [6.45, 7) is 15.5. The Labute approximate surface area is 247 Å². The van der Waals surface area contributed by atoms with Gasteiger partial charge in [0.1, 0.15) is 43.3 Å². The van der Waals surface area contributed by atoms with E-state index in [1.54, 1.807) is 13.8 Å². The van der Waals surface area contributed by atoms with Crippen molar-refractivity contribution in [3.63, 3.8) is 0 Å². The lowest BCUT2D eigenvalue weighted by Gasteiger charge is -2.34. The molecular weight excluding hydrogens is 562 g/mol. The van der Waals surface area contributed by atoms with Gasteiger partial charge < -0.3 is 29.0 Å². The zero-order chi connectivity index (χ0) is 30.9. The fraction of sp³-hybridized carbons (Fsp3) is 0.613. The van der Waals surface area contributed by atoms with Crippen molar-refractivity contribution in [2.45, 2.75) is 90.4 Å². The van der Waals surface area contributed by atoms with Crippen LogP contribution >= 0.6 is 15.8 Å². The van der Waals surface area contributed by atoms with Crippen molar-refractivity contribution in [1.29, 1.82) is 0 Å². The highest BCUT2D eigenvalue weighted by atomic mass is 31.2. The second-order valence-corrected chi connectivity index (χ2v) is 16.5. The third kappa shape index (κ3) is 10.2. The Hall–Kier alpha value is -1.79. The van der Waals surface area contributed by atoms with Crippen LogP contribution < -0.4 is 9.47 Å². The van der Waals surface area contributed by atoms with Crippen molar-refractivity contribution in [3.8, 4) is 11.5 Å². The predicted octanol–water partition coefficient (Wildman–Crippen LogP) is 7.04. The Balaban J connectivity index is 1.91. The molecule has 10 heteroatoms. The van der Waals surface area contributed by atoms with E-state index in [4.69, 9.17) is 18.7 Å². The van der Waals surface area contributed by atoms with Gasteiger partial charge in [-0.2, -0.15) is 0 Å². The molecule has 0 aliphatic rings. The fourth-order valence-corrected chi connectivity index (χ4v) is 7.26. The molecule has 41 heavy (non-hydrogen) atoms. The maximum atomic E-state index is 13.0. The van der Waals surface area contributed by atoms with Crippen LogP contribution in [0.1, 0.15) is 72.9 Å². The molecule has 0 saturated carbocycles. The topological polar surface area (TPSA) is 112 Å². The van der Waals surface area contributed by atoms with Crippen LogP contribution in [0.2, 0.25) is 0 Å². The molecule has 0 aromatic heterocycles. The van der Waals surface area contributed by atoms with E-state index in [-0.39, 0.29) is 25.2 Å². The highest BCUT2D eigenvalue weighted by Gasteiger charge is 2.38. The van der Waals surface area contributed by atoms with E-state index in [0.717, 1.165) is 11.1 Å². The summed E-state index contributed by atoms with van der Waals surface area (Å²) in [5, 5.41) is 19.9. The Morgan fingerprint density at radius 2 is 1.20 bits per heavy atom. The number of aliphatic hydroxyl groups excluding tert-OH is 2. The first-order valence-electron chi connectivity index (χ1n) is 14.1. The molecule has 2 rings (SSSR count). The first kappa shape index (κ1) is 35.4. The van der Waals surface area contributed by atoms with E-state index in [1.165, 1.54) is 0 Å². The van der Waals surface area contributed by atoms with Crippen LogP contribution in [0.15, 0.2) is 48.5 Å². The third-order valence-electron chi connectivity index (χ3n) is 7.68. The predicted molar refractivity (Wildman–Crippen MR) is 164 cm³/mol. The first-order valence-corrected chi connectivity index (χ1v) is 17.0. The zero-order valence-electron chi connectivity index (χ0n) is 25.8. The molecular formula is C31H48O8P2. The van der Waals surface area contributed by atoms with Gasteiger partial charge in [-0.25, -0.2) is 4.57 Å². The molecule has 2 aromatic carbocycles. The molecule has 0 aliphatic heterocycles. The van der Waals surface area contributed by atoms with Gasteiger partial charge >= 0.3 is 8.69 Å². The molecule has 230 valence electrons. The third-order valence-corrected chi connectivity index (χ3v) is 12.4.